The molecule has 0 aromatic heterocycles. The van der Waals surface area contributed by atoms with E-state index in [1.807, 2.05) is 31.2 Å². The normalized spacial score (nSPS) is 14.2. The molecule has 8 nitrogen and oxygen atoms in total. The van der Waals surface area contributed by atoms with Crippen molar-refractivity contribution in [3.8, 4) is 5.75 Å². The summed E-state index contributed by atoms with van der Waals surface area (Å²) in [6.45, 7) is 3.40. The summed E-state index contributed by atoms with van der Waals surface area (Å²) in [5.41, 5.74) is 6.05. The van der Waals surface area contributed by atoms with Crippen LogP contribution in [0.3, 0.4) is 0 Å². The van der Waals surface area contributed by atoms with Gasteiger partial charge in [0.2, 0.25) is 15.9 Å². The van der Waals surface area contributed by atoms with E-state index in [4.69, 9.17) is 4.74 Å². The summed E-state index contributed by atoms with van der Waals surface area (Å²) in [5, 5.41) is 0. The van der Waals surface area contributed by atoms with Gasteiger partial charge in [0.05, 0.1) is 11.5 Å². The van der Waals surface area contributed by atoms with Gasteiger partial charge in [-0.25, -0.2) is 8.42 Å². The van der Waals surface area contributed by atoms with Crippen LogP contribution in [0.4, 0.5) is 0 Å². The summed E-state index contributed by atoms with van der Waals surface area (Å²) in [7, 11) is -3.52. The van der Waals surface area contributed by atoms with Gasteiger partial charge in [0.1, 0.15) is 5.75 Å². The molecule has 0 radical (unpaired) electrons. The van der Waals surface area contributed by atoms with Crippen LogP contribution in [-0.2, 0) is 14.8 Å². The van der Waals surface area contributed by atoms with Crippen LogP contribution in [0.5, 0.6) is 5.75 Å². The van der Waals surface area contributed by atoms with Crippen LogP contribution in [0.15, 0.2) is 53.4 Å². The lowest BCUT2D eigenvalue weighted by molar-refractivity contribution is -0.122. The van der Waals surface area contributed by atoms with Gasteiger partial charge in [0.25, 0.3) is 5.91 Å². The van der Waals surface area contributed by atoms with Crippen LogP contribution in [0.25, 0.3) is 0 Å². The third-order valence-electron chi connectivity index (χ3n) is 4.94. The molecule has 0 spiro atoms. The zero-order valence-electron chi connectivity index (χ0n) is 17.5. The number of nitrogens with zero attached hydrogens (tertiary/aromatic N) is 1. The number of carbonyl (C=O) groups is 2. The first kappa shape index (κ1) is 22.8. The van der Waals surface area contributed by atoms with Crippen LogP contribution in [0, 0.1) is 6.92 Å². The van der Waals surface area contributed by atoms with Crippen molar-refractivity contribution in [1.29, 1.82) is 0 Å². The monoisotopic (exact) mass is 445 g/mol. The number of carbonyl (C=O) groups excluding carboxylic acids is 2. The SMILES string of the molecule is Cc1cccc(OCCCC(=O)NNC(=O)c2ccc(S(=O)(=O)N3CCCC3)cc2)c1. The first-order valence-corrected chi connectivity index (χ1v) is 11.7. The van der Waals surface area contributed by atoms with E-state index >= 15 is 0 Å². The number of sulfonamides is 1. The zero-order chi connectivity index (χ0) is 22.3. The Bertz CT molecular complexity index is 1020. The molecule has 1 aliphatic heterocycles. The van der Waals surface area contributed by atoms with E-state index in [1.165, 1.54) is 28.6 Å². The quantitative estimate of drug-likeness (QED) is 0.480. The van der Waals surface area contributed by atoms with Crippen molar-refractivity contribution >= 4 is 21.8 Å². The van der Waals surface area contributed by atoms with Crippen LogP contribution in [0.2, 0.25) is 0 Å². The van der Waals surface area contributed by atoms with E-state index in [9.17, 15) is 18.0 Å². The highest BCUT2D eigenvalue weighted by Crippen LogP contribution is 2.21. The van der Waals surface area contributed by atoms with Gasteiger partial charge in [-0.2, -0.15) is 4.31 Å². The highest BCUT2D eigenvalue weighted by molar-refractivity contribution is 7.89. The molecule has 0 unspecified atom stereocenters. The van der Waals surface area contributed by atoms with Crippen molar-refractivity contribution in [2.45, 2.75) is 37.5 Å². The summed E-state index contributed by atoms with van der Waals surface area (Å²) in [6.07, 6.45) is 2.41. The van der Waals surface area contributed by atoms with Crippen LogP contribution in [0.1, 0.15) is 41.6 Å². The Hall–Kier alpha value is -2.91. The molecule has 0 atom stereocenters. The minimum absolute atomic E-state index is 0.156. The molecule has 166 valence electrons. The van der Waals surface area contributed by atoms with Gasteiger partial charge < -0.3 is 4.74 Å². The predicted molar refractivity (Wildman–Crippen MR) is 116 cm³/mol. The average molecular weight is 446 g/mol. The zero-order valence-corrected chi connectivity index (χ0v) is 18.3. The number of benzene rings is 2. The van der Waals surface area contributed by atoms with Gasteiger partial charge in [-0.15, -0.1) is 0 Å². The number of hydrazine groups is 1. The Morgan fingerprint density at radius 1 is 1.03 bits per heavy atom. The second-order valence-electron chi connectivity index (χ2n) is 7.41. The third kappa shape index (κ3) is 6.28. The molecule has 3 rings (SSSR count). The topological polar surface area (TPSA) is 105 Å². The third-order valence-corrected chi connectivity index (χ3v) is 6.85. The molecule has 0 saturated carbocycles. The maximum Gasteiger partial charge on any atom is 0.269 e. The van der Waals surface area contributed by atoms with Crippen LogP contribution >= 0.6 is 0 Å². The number of nitrogens with one attached hydrogen (secondary N) is 2. The standard InChI is InChI=1S/C22H27N3O5S/c1-17-6-4-7-19(16-17)30-15-5-8-21(26)23-24-22(27)18-9-11-20(12-10-18)31(28,29)25-13-2-3-14-25/h4,6-7,9-12,16H,2-3,5,8,13-15H2,1H3,(H,23,26)(H,24,27). The van der Waals surface area contributed by atoms with E-state index in [0.717, 1.165) is 24.2 Å². The second-order valence-corrected chi connectivity index (χ2v) is 9.34. The number of aryl methyl sites for hydroxylation is 1. The number of hydrogen-bond donors (Lipinski definition) is 2. The van der Waals surface area contributed by atoms with Crippen LogP contribution in [-0.4, -0.2) is 44.2 Å². The Labute approximate surface area is 182 Å². The van der Waals surface area contributed by atoms with Crippen molar-refractivity contribution in [3.63, 3.8) is 0 Å². The van der Waals surface area contributed by atoms with E-state index in [-0.39, 0.29) is 22.8 Å². The molecule has 1 heterocycles. The second kappa shape index (κ2) is 10.4. The fourth-order valence-corrected chi connectivity index (χ4v) is 4.76. The van der Waals surface area contributed by atoms with Gasteiger partial charge in [0, 0.05) is 25.1 Å². The summed E-state index contributed by atoms with van der Waals surface area (Å²) in [6, 6.07) is 13.3. The molecule has 9 heteroatoms. The molecule has 2 N–H and O–H groups in total. The van der Waals surface area contributed by atoms with Gasteiger partial charge in [-0.1, -0.05) is 12.1 Å². The first-order valence-electron chi connectivity index (χ1n) is 10.2. The van der Waals surface area contributed by atoms with Crippen molar-refractivity contribution in [2.24, 2.45) is 0 Å². The molecule has 1 saturated heterocycles. The lowest BCUT2D eigenvalue weighted by Crippen LogP contribution is -2.41. The summed E-state index contributed by atoms with van der Waals surface area (Å²) in [5.74, 6) is -0.104. The molecule has 1 fully saturated rings. The molecule has 2 aromatic rings. The molecular formula is C22H27N3O5S. The Morgan fingerprint density at radius 3 is 2.42 bits per heavy atom. The van der Waals surface area contributed by atoms with Gasteiger partial charge in [-0.05, 0) is 68.1 Å². The summed E-state index contributed by atoms with van der Waals surface area (Å²) < 4.78 is 32.1. The Morgan fingerprint density at radius 2 is 1.74 bits per heavy atom. The van der Waals surface area contributed by atoms with E-state index in [0.29, 0.717) is 26.1 Å². The molecule has 2 amide bonds. The van der Waals surface area contributed by atoms with Gasteiger partial charge in [-0.3, -0.25) is 20.4 Å². The predicted octanol–water partition coefficient (Wildman–Crippen LogP) is 2.40. The lowest BCUT2D eigenvalue weighted by atomic mass is 10.2. The van der Waals surface area contributed by atoms with E-state index < -0.39 is 15.9 Å². The fourth-order valence-electron chi connectivity index (χ4n) is 3.24. The average Bonchev–Trinajstić information content (AvgIpc) is 3.31. The Kier molecular flexibility index (Phi) is 7.64. The van der Waals surface area contributed by atoms with Crippen molar-refractivity contribution in [1.82, 2.24) is 15.2 Å². The fraction of sp³-hybridized carbons (Fsp3) is 0.364. The Balaban J connectivity index is 1.41. The molecular weight excluding hydrogens is 418 g/mol. The lowest BCUT2D eigenvalue weighted by Gasteiger charge is -2.15. The highest BCUT2D eigenvalue weighted by Gasteiger charge is 2.27. The number of amides is 2. The smallest absolute Gasteiger partial charge is 0.269 e. The van der Waals surface area contributed by atoms with Gasteiger partial charge in [0.15, 0.2) is 0 Å². The summed E-state index contributed by atoms with van der Waals surface area (Å²) >= 11 is 0. The number of rotatable bonds is 8. The molecule has 2 aromatic carbocycles. The minimum atomic E-state index is -3.52. The summed E-state index contributed by atoms with van der Waals surface area (Å²) in [4.78, 5) is 24.3. The molecule has 0 aliphatic carbocycles. The van der Waals surface area contributed by atoms with E-state index in [2.05, 4.69) is 10.9 Å². The number of ether oxygens (including phenoxy) is 1. The molecule has 31 heavy (non-hydrogen) atoms. The van der Waals surface area contributed by atoms with E-state index in [1.54, 1.807) is 0 Å². The van der Waals surface area contributed by atoms with Crippen molar-refractivity contribution in [2.75, 3.05) is 19.7 Å². The van der Waals surface area contributed by atoms with Gasteiger partial charge >= 0.3 is 0 Å². The first-order chi connectivity index (χ1) is 14.9. The maximum absolute atomic E-state index is 12.5. The molecule has 1 aliphatic rings. The number of hydrogen-bond acceptors (Lipinski definition) is 5. The molecule has 0 bridgehead atoms. The minimum Gasteiger partial charge on any atom is -0.494 e. The van der Waals surface area contributed by atoms with Crippen LogP contribution < -0.4 is 15.6 Å². The van der Waals surface area contributed by atoms with Crippen molar-refractivity contribution in [3.05, 3.63) is 59.7 Å². The van der Waals surface area contributed by atoms with Crippen molar-refractivity contribution < 1.29 is 22.7 Å². The maximum atomic E-state index is 12.5. The largest absolute Gasteiger partial charge is 0.494 e. The highest BCUT2D eigenvalue weighted by atomic mass is 32.2.